The smallest absolute Gasteiger partial charge is 0.260 e. The van der Waals surface area contributed by atoms with E-state index in [1.807, 2.05) is 13.8 Å². The van der Waals surface area contributed by atoms with Crippen molar-refractivity contribution >= 4 is 12.2 Å². The van der Waals surface area contributed by atoms with Crippen LogP contribution < -0.4 is 10.1 Å². The van der Waals surface area contributed by atoms with Crippen LogP contribution in [-0.4, -0.2) is 24.3 Å². The summed E-state index contributed by atoms with van der Waals surface area (Å²) in [5.41, 5.74) is 0.533. The first-order chi connectivity index (χ1) is 9.10. The predicted molar refractivity (Wildman–Crippen MR) is 74.4 cm³/mol. The highest BCUT2D eigenvalue weighted by atomic mass is 16.5. The van der Waals surface area contributed by atoms with Gasteiger partial charge in [-0.15, -0.1) is 0 Å². The van der Waals surface area contributed by atoms with E-state index in [9.17, 15) is 9.59 Å². The number of hydrogen-bond donors (Lipinski definition) is 1. The van der Waals surface area contributed by atoms with Crippen molar-refractivity contribution < 1.29 is 14.3 Å². The van der Waals surface area contributed by atoms with E-state index in [4.69, 9.17) is 4.74 Å². The highest BCUT2D eigenvalue weighted by Gasteiger charge is 2.17. The van der Waals surface area contributed by atoms with Crippen LogP contribution in [0.5, 0.6) is 5.75 Å². The highest BCUT2D eigenvalue weighted by Crippen LogP contribution is 2.14. The van der Waals surface area contributed by atoms with Crippen LogP contribution in [0.3, 0.4) is 0 Å². The van der Waals surface area contributed by atoms with Crippen molar-refractivity contribution in [2.45, 2.75) is 45.8 Å². The lowest BCUT2D eigenvalue weighted by atomic mass is 10.1. The molecule has 1 atom stereocenters. The Hall–Kier alpha value is -1.84. The van der Waals surface area contributed by atoms with Crippen LogP contribution in [0.15, 0.2) is 24.3 Å². The van der Waals surface area contributed by atoms with E-state index < -0.39 is 6.10 Å². The van der Waals surface area contributed by atoms with E-state index in [1.165, 1.54) is 0 Å². The van der Waals surface area contributed by atoms with Crippen molar-refractivity contribution in [1.29, 1.82) is 0 Å². The first-order valence-electron chi connectivity index (χ1n) is 6.63. The number of hydrogen-bond acceptors (Lipinski definition) is 3. The van der Waals surface area contributed by atoms with Crippen molar-refractivity contribution in [1.82, 2.24) is 5.32 Å². The molecule has 0 spiro atoms. The van der Waals surface area contributed by atoms with E-state index in [1.54, 1.807) is 31.2 Å². The van der Waals surface area contributed by atoms with E-state index in [2.05, 4.69) is 5.32 Å². The van der Waals surface area contributed by atoms with Gasteiger partial charge in [-0.3, -0.25) is 9.59 Å². The maximum Gasteiger partial charge on any atom is 0.260 e. The summed E-state index contributed by atoms with van der Waals surface area (Å²) in [6, 6.07) is 6.95. The Morgan fingerprint density at radius 1 is 1.37 bits per heavy atom. The number of amides is 1. The van der Waals surface area contributed by atoms with E-state index in [0.29, 0.717) is 11.3 Å². The summed E-state index contributed by atoms with van der Waals surface area (Å²) in [4.78, 5) is 22.6. The molecule has 0 radical (unpaired) electrons. The van der Waals surface area contributed by atoms with Crippen LogP contribution in [-0.2, 0) is 4.79 Å². The molecule has 1 unspecified atom stereocenters. The number of carbonyl (C=O) groups is 2. The van der Waals surface area contributed by atoms with Crippen LogP contribution in [0.25, 0.3) is 0 Å². The first-order valence-corrected chi connectivity index (χ1v) is 6.63. The minimum Gasteiger partial charge on any atom is -0.481 e. The summed E-state index contributed by atoms with van der Waals surface area (Å²) in [5.74, 6) is 0.391. The average molecular weight is 263 g/mol. The second-order valence-corrected chi connectivity index (χ2v) is 4.47. The monoisotopic (exact) mass is 263 g/mol. The van der Waals surface area contributed by atoms with Gasteiger partial charge in [-0.25, -0.2) is 0 Å². The Morgan fingerprint density at radius 2 is 2.05 bits per heavy atom. The SMILES string of the molecule is CCC(CC)NC(=O)C(C)Oc1cccc(C=O)c1. The minimum atomic E-state index is -0.581. The van der Waals surface area contributed by atoms with Crippen molar-refractivity contribution in [3.63, 3.8) is 0 Å². The summed E-state index contributed by atoms with van der Waals surface area (Å²) < 4.78 is 5.54. The van der Waals surface area contributed by atoms with Crippen LogP contribution >= 0.6 is 0 Å². The molecule has 0 aromatic heterocycles. The van der Waals surface area contributed by atoms with E-state index in [0.717, 1.165) is 19.1 Å². The molecule has 1 N–H and O–H groups in total. The lowest BCUT2D eigenvalue weighted by Gasteiger charge is -2.19. The maximum atomic E-state index is 11.9. The molecular weight excluding hydrogens is 242 g/mol. The first kappa shape index (κ1) is 15.2. The van der Waals surface area contributed by atoms with Crippen LogP contribution in [0.1, 0.15) is 44.0 Å². The summed E-state index contributed by atoms with van der Waals surface area (Å²) in [6.07, 6.45) is 1.97. The number of nitrogens with one attached hydrogen (secondary N) is 1. The van der Waals surface area contributed by atoms with Gasteiger partial charge in [-0.05, 0) is 31.9 Å². The minimum absolute atomic E-state index is 0.134. The lowest BCUT2D eigenvalue weighted by molar-refractivity contribution is -0.128. The Kier molecular flexibility index (Phi) is 6.06. The molecule has 104 valence electrons. The van der Waals surface area contributed by atoms with Crippen molar-refractivity contribution in [3.8, 4) is 5.75 Å². The fourth-order valence-electron chi connectivity index (χ4n) is 1.73. The third-order valence-corrected chi connectivity index (χ3v) is 3.01. The second-order valence-electron chi connectivity index (χ2n) is 4.47. The lowest BCUT2D eigenvalue weighted by Crippen LogP contribution is -2.42. The second kappa shape index (κ2) is 7.56. The Balaban J connectivity index is 2.60. The zero-order valence-electron chi connectivity index (χ0n) is 11.7. The molecule has 4 nitrogen and oxygen atoms in total. The number of ether oxygens (including phenoxy) is 1. The molecule has 19 heavy (non-hydrogen) atoms. The van der Waals surface area contributed by atoms with Gasteiger partial charge in [0.1, 0.15) is 12.0 Å². The summed E-state index contributed by atoms with van der Waals surface area (Å²) >= 11 is 0. The number of carbonyl (C=O) groups excluding carboxylic acids is 2. The molecule has 0 saturated heterocycles. The molecule has 0 saturated carbocycles. The molecule has 0 heterocycles. The number of benzene rings is 1. The molecule has 0 aliphatic rings. The quantitative estimate of drug-likeness (QED) is 0.769. The zero-order chi connectivity index (χ0) is 14.3. The number of rotatable bonds is 7. The molecule has 0 bridgehead atoms. The Labute approximate surface area is 114 Å². The predicted octanol–water partition coefficient (Wildman–Crippen LogP) is 2.57. The number of aldehydes is 1. The van der Waals surface area contributed by atoms with Gasteiger partial charge >= 0.3 is 0 Å². The van der Waals surface area contributed by atoms with Crippen LogP contribution in [0.2, 0.25) is 0 Å². The van der Waals surface area contributed by atoms with Gasteiger partial charge in [0.25, 0.3) is 5.91 Å². The summed E-state index contributed by atoms with van der Waals surface area (Å²) in [6.45, 7) is 5.77. The van der Waals surface area contributed by atoms with Gasteiger partial charge in [0.15, 0.2) is 6.10 Å². The molecule has 4 heteroatoms. The fourth-order valence-corrected chi connectivity index (χ4v) is 1.73. The van der Waals surface area contributed by atoms with Crippen molar-refractivity contribution in [2.24, 2.45) is 0 Å². The Morgan fingerprint density at radius 3 is 2.63 bits per heavy atom. The molecule has 0 fully saturated rings. The molecular formula is C15H21NO3. The third-order valence-electron chi connectivity index (χ3n) is 3.01. The van der Waals surface area contributed by atoms with Gasteiger partial charge in [0, 0.05) is 11.6 Å². The summed E-state index contributed by atoms with van der Waals surface area (Å²) in [5, 5.41) is 2.93. The topological polar surface area (TPSA) is 55.4 Å². The summed E-state index contributed by atoms with van der Waals surface area (Å²) in [7, 11) is 0. The third kappa shape index (κ3) is 4.73. The van der Waals surface area contributed by atoms with Crippen LogP contribution in [0.4, 0.5) is 0 Å². The van der Waals surface area contributed by atoms with Crippen LogP contribution in [0, 0.1) is 0 Å². The van der Waals surface area contributed by atoms with Crippen molar-refractivity contribution in [2.75, 3.05) is 0 Å². The molecule has 1 aromatic carbocycles. The van der Waals surface area contributed by atoms with Crippen molar-refractivity contribution in [3.05, 3.63) is 29.8 Å². The molecule has 1 rings (SSSR count). The van der Waals surface area contributed by atoms with Gasteiger partial charge < -0.3 is 10.1 Å². The van der Waals surface area contributed by atoms with Gasteiger partial charge in [0.05, 0.1) is 0 Å². The molecule has 0 aliphatic carbocycles. The van der Waals surface area contributed by atoms with Gasteiger partial charge in [-0.2, -0.15) is 0 Å². The molecule has 0 aliphatic heterocycles. The van der Waals surface area contributed by atoms with E-state index >= 15 is 0 Å². The van der Waals surface area contributed by atoms with E-state index in [-0.39, 0.29) is 11.9 Å². The maximum absolute atomic E-state index is 11.9. The largest absolute Gasteiger partial charge is 0.481 e. The average Bonchev–Trinajstić information content (AvgIpc) is 2.44. The Bertz CT molecular complexity index is 427. The zero-order valence-corrected chi connectivity index (χ0v) is 11.7. The normalized spacial score (nSPS) is 12.0. The molecule has 1 aromatic rings. The molecule has 1 amide bonds. The highest BCUT2D eigenvalue weighted by molar-refractivity contribution is 5.81. The standard InChI is InChI=1S/C15H21NO3/c1-4-13(5-2)16-15(18)11(3)19-14-8-6-7-12(9-14)10-17/h6-11,13H,4-5H2,1-3H3,(H,16,18). The van der Waals surface area contributed by atoms with Gasteiger partial charge in [0.2, 0.25) is 0 Å². The van der Waals surface area contributed by atoms with Gasteiger partial charge in [-0.1, -0.05) is 26.0 Å². The fraction of sp³-hybridized carbons (Fsp3) is 0.467.